The van der Waals surface area contributed by atoms with Crippen LogP contribution in [0.3, 0.4) is 0 Å². The maximum absolute atomic E-state index is 14.7. The number of aromatic nitrogens is 3. The molecule has 2 aromatic heterocycles. The van der Waals surface area contributed by atoms with E-state index in [0.29, 0.717) is 71.3 Å². The van der Waals surface area contributed by atoms with Crippen LogP contribution in [0.4, 0.5) is 4.39 Å². The zero-order valence-corrected chi connectivity index (χ0v) is 20.1. The predicted octanol–water partition coefficient (Wildman–Crippen LogP) is 2.19. The van der Waals surface area contributed by atoms with Crippen LogP contribution in [-0.2, 0) is 4.79 Å². The molecule has 3 N–H and O–H groups in total. The third-order valence-corrected chi connectivity index (χ3v) is 6.69. The van der Waals surface area contributed by atoms with Crippen molar-refractivity contribution >= 4 is 22.8 Å². The molecule has 190 valence electrons. The maximum Gasteiger partial charge on any atom is 0.255 e. The Labute approximate surface area is 206 Å². The number of carbonyl (C=O) groups excluding carboxylic acids is 2. The summed E-state index contributed by atoms with van der Waals surface area (Å²) in [6.07, 6.45) is 4.14. The fourth-order valence-corrected chi connectivity index (χ4v) is 4.55. The zero-order chi connectivity index (χ0) is 25.4. The third-order valence-electron chi connectivity index (χ3n) is 6.69. The summed E-state index contributed by atoms with van der Waals surface area (Å²) in [5.41, 5.74) is 2.68. The highest BCUT2D eigenvalue weighted by Gasteiger charge is 2.30. The molecule has 10 nitrogen and oxygen atoms in total. The normalized spacial score (nSPS) is 17.4. The molecule has 1 aliphatic carbocycles. The number of aliphatic hydroxyl groups is 1. The molecule has 1 saturated heterocycles. The molecule has 1 aromatic carbocycles. The lowest BCUT2D eigenvalue weighted by Crippen LogP contribution is -2.39. The van der Waals surface area contributed by atoms with Gasteiger partial charge in [0.1, 0.15) is 29.9 Å². The van der Waals surface area contributed by atoms with E-state index in [-0.39, 0.29) is 23.6 Å². The number of halogens is 1. The number of benzene rings is 1. The first-order valence-electron chi connectivity index (χ1n) is 11.9. The predicted molar refractivity (Wildman–Crippen MR) is 128 cm³/mol. The van der Waals surface area contributed by atoms with Crippen molar-refractivity contribution in [2.45, 2.75) is 32.2 Å². The number of fused-ring (bicyclic) bond motifs is 1. The van der Waals surface area contributed by atoms with Crippen LogP contribution in [0.5, 0.6) is 11.5 Å². The average Bonchev–Trinajstić information content (AvgIpc) is 3.48. The minimum absolute atomic E-state index is 0.0721. The van der Waals surface area contributed by atoms with E-state index in [2.05, 4.69) is 20.3 Å². The summed E-state index contributed by atoms with van der Waals surface area (Å²) >= 11 is 0. The summed E-state index contributed by atoms with van der Waals surface area (Å²) < 4.78 is 25.9. The number of methoxy groups -OCH3 is 1. The number of carbonyl (C=O) groups is 2. The van der Waals surface area contributed by atoms with Gasteiger partial charge in [-0.15, -0.1) is 0 Å². The molecule has 2 amide bonds. The van der Waals surface area contributed by atoms with Crippen molar-refractivity contribution in [1.29, 1.82) is 0 Å². The van der Waals surface area contributed by atoms with Crippen LogP contribution >= 0.6 is 0 Å². The maximum atomic E-state index is 14.7. The summed E-state index contributed by atoms with van der Waals surface area (Å²) in [6.45, 7) is 2.52. The largest absolute Gasteiger partial charge is 0.494 e. The van der Waals surface area contributed by atoms with Gasteiger partial charge in [-0.3, -0.25) is 9.59 Å². The Kier molecular flexibility index (Phi) is 6.48. The van der Waals surface area contributed by atoms with E-state index in [1.807, 2.05) is 0 Å². The SMILES string of the molecule is COc1cc(OCC2CC2)c(-c2ncnc3c(C(=O)N[C@@H]4CCN(C(=O)CO)C4)c(C)[nH]c23)cc1F. The monoisotopic (exact) mass is 497 g/mol. The van der Waals surface area contributed by atoms with Gasteiger partial charge in [0, 0.05) is 36.5 Å². The average molecular weight is 498 g/mol. The van der Waals surface area contributed by atoms with E-state index in [0.717, 1.165) is 12.8 Å². The van der Waals surface area contributed by atoms with Gasteiger partial charge in [0.15, 0.2) is 11.6 Å². The summed E-state index contributed by atoms with van der Waals surface area (Å²) in [6, 6.07) is 2.60. The van der Waals surface area contributed by atoms with Crippen molar-refractivity contribution in [1.82, 2.24) is 25.2 Å². The number of likely N-dealkylation sites (tertiary alicyclic amines) is 1. The first-order valence-corrected chi connectivity index (χ1v) is 11.9. The molecular weight excluding hydrogens is 469 g/mol. The molecule has 2 fully saturated rings. The van der Waals surface area contributed by atoms with Crippen molar-refractivity contribution in [2.75, 3.05) is 33.4 Å². The van der Waals surface area contributed by atoms with E-state index in [9.17, 15) is 14.0 Å². The smallest absolute Gasteiger partial charge is 0.255 e. The zero-order valence-electron chi connectivity index (χ0n) is 20.1. The lowest BCUT2D eigenvalue weighted by atomic mass is 10.1. The Morgan fingerprint density at radius 3 is 2.78 bits per heavy atom. The quantitative estimate of drug-likeness (QED) is 0.435. The van der Waals surface area contributed by atoms with Crippen molar-refractivity contribution in [3.63, 3.8) is 0 Å². The van der Waals surface area contributed by atoms with Crippen molar-refractivity contribution in [3.8, 4) is 22.8 Å². The molecule has 1 saturated carbocycles. The summed E-state index contributed by atoms with van der Waals surface area (Å²) in [4.78, 5) is 38.5. The lowest BCUT2D eigenvalue weighted by Gasteiger charge is -2.16. The van der Waals surface area contributed by atoms with E-state index in [1.54, 1.807) is 6.92 Å². The van der Waals surface area contributed by atoms with Crippen molar-refractivity contribution < 1.29 is 28.6 Å². The first-order chi connectivity index (χ1) is 17.4. The number of nitrogens with one attached hydrogen (secondary N) is 2. The molecular formula is C25H28FN5O5. The third kappa shape index (κ3) is 4.58. The number of rotatable bonds is 8. The standard InChI is InChI=1S/C25H28FN5O5/c1-13-21(25(34)30-15-5-6-31(9-15)20(33)10-32)23-24(29-13)22(27-12-28-23)16-7-17(26)19(35-2)8-18(16)36-11-14-3-4-14/h7-8,12,14-15,29,32H,3-6,9-11H2,1-2H3,(H,30,34)/t15-/m1/s1. The van der Waals surface area contributed by atoms with Crippen LogP contribution in [-0.4, -0.2) is 76.2 Å². The molecule has 1 aliphatic heterocycles. The Hall–Kier alpha value is -3.73. The van der Waals surface area contributed by atoms with Crippen LogP contribution in [0.1, 0.15) is 35.3 Å². The van der Waals surface area contributed by atoms with Crippen LogP contribution in [0.25, 0.3) is 22.3 Å². The Bertz CT molecular complexity index is 1320. The fourth-order valence-electron chi connectivity index (χ4n) is 4.55. The number of nitrogens with zero attached hydrogens (tertiary/aromatic N) is 3. The molecule has 2 aliphatic rings. The van der Waals surface area contributed by atoms with Gasteiger partial charge in [-0.2, -0.15) is 0 Å². The van der Waals surface area contributed by atoms with Crippen LogP contribution in [0.15, 0.2) is 18.5 Å². The molecule has 0 unspecified atom stereocenters. The van der Waals surface area contributed by atoms with Crippen LogP contribution in [0.2, 0.25) is 0 Å². The number of aliphatic hydroxyl groups excluding tert-OH is 1. The molecule has 3 aromatic rings. The molecule has 0 bridgehead atoms. The summed E-state index contributed by atoms with van der Waals surface area (Å²) in [5.74, 6) is -0.249. The number of hydrogen-bond acceptors (Lipinski definition) is 7. The van der Waals surface area contributed by atoms with Gasteiger partial charge in [0.2, 0.25) is 5.91 Å². The second-order valence-electron chi connectivity index (χ2n) is 9.27. The van der Waals surface area contributed by atoms with Crippen molar-refractivity contribution in [2.24, 2.45) is 5.92 Å². The second-order valence-corrected chi connectivity index (χ2v) is 9.27. The Morgan fingerprint density at radius 2 is 2.06 bits per heavy atom. The molecule has 11 heteroatoms. The number of H-pyrrole nitrogens is 1. The number of aromatic amines is 1. The fraction of sp³-hybridized carbons (Fsp3) is 0.440. The first kappa shape index (κ1) is 24.0. The topological polar surface area (TPSA) is 130 Å². The van der Waals surface area contributed by atoms with Crippen molar-refractivity contribution in [3.05, 3.63) is 35.5 Å². The van der Waals surface area contributed by atoms with Crippen LogP contribution < -0.4 is 14.8 Å². The molecule has 36 heavy (non-hydrogen) atoms. The number of hydrogen-bond donors (Lipinski definition) is 3. The van der Waals surface area contributed by atoms with E-state index in [1.165, 1.54) is 30.5 Å². The highest BCUT2D eigenvalue weighted by Crippen LogP contribution is 2.39. The number of ether oxygens (including phenoxy) is 2. The van der Waals surface area contributed by atoms with Gasteiger partial charge >= 0.3 is 0 Å². The Morgan fingerprint density at radius 1 is 1.25 bits per heavy atom. The second kappa shape index (κ2) is 9.73. The van der Waals surface area contributed by atoms with Crippen LogP contribution in [0, 0.1) is 18.7 Å². The molecule has 1 atom stereocenters. The highest BCUT2D eigenvalue weighted by molar-refractivity contribution is 6.09. The molecule has 3 heterocycles. The minimum Gasteiger partial charge on any atom is -0.494 e. The van der Waals surface area contributed by atoms with E-state index in [4.69, 9.17) is 14.6 Å². The molecule has 0 spiro atoms. The van der Waals surface area contributed by atoms with Gasteiger partial charge in [-0.05, 0) is 38.2 Å². The van der Waals surface area contributed by atoms with E-state index >= 15 is 0 Å². The van der Waals surface area contributed by atoms with Gasteiger partial charge in [0.25, 0.3) is 5.91 Å². The Balaban J connectivity index is 1.48. The number of aryl methyl sites for hydroxylation is 1. The number of amides is 2. The van der Waals surface area contributed by atoms with Gasteiger partial charge in [0.05, 0.1) is 24.8 Å². The van der Waals surface area contributed by atoms with Gasteiger partial charge in [-0.1, -0.05) is 0 Å². The minimum atomic E-state index is -0.555. The molecule has 5 rings (SSSR count). The highest BCUT2D eigenvalue weighted by atomic mass is 19.1. The summed E-state index contributed by atoms with van der Waals surface area (Å²) in [7, 11) is 1.40. The van der Waals surface area contributed by atoms with E-state index < -0.39 is 12.4 Å². The van der Waals surface area contributed by atoms with Gasteiger partial charge < -0.3 is 29.8 Å². The lowest BCUT2D eigenvalue weighted by molar-refractivity contribution is -0.133. The molecule has 0 radical (unpaired) electrons. The summed E-state index contributed by atoms with van der Waals surface area (Å²) in [5, 5.41) is 12.0. The van der Waals surface area contributed by atoms with Gasteiger partial charge in [-0.25, -0.2) is 14.4 Å².